The Kier molecular flexibility index (Phi) is 13.4. The highest BCUT2D eigenvalue weighted by atomic mass is 32.2. The number of aromatic nitrogens is 1. The molecule has 284 valence electrons. The summed E-state index contributed by atoms with van der Waals surface area (Å²) < 4.78 is 43.9. The predicted octanol–water partition coefficient (Wildman–Crippen LogP) is 8.57. The van der Waals surface area contributed by atoms with E-state index >= 15 is 0 Å². The number of nitrogens with one attached hydrogen (secondary N) is 1. The number of rotatable bonds is 16. The molecule has 3 atom stereocenters. The molecular formula is C44H50N2O7S. The second-order valence-electron chi connectivity index (χ2n) is 14.4. The van der Waals surface area contributed by atoms with E-state index in [0.717, 1.165) is 11.1 Å². The highest BCUT2D eigenvalue weighted by Gasteiger charge is 2.45. The van der Waals surface area contributed by atoms with Crippen LogP contribution in [0.15, 0.2) is 138 Å². The molecule has 0 aliphatic heterocycles. The van der Waals surface area contributed by atoms with Crippen molar-refractivity contribution in [3.8, 4) is 0 Å². The van der Waals surface area contributed by atoms with Gasteiger partial charge in [-0.15, -0.1) is 0 Å². The third kappa shape index (κ3) is 9.99. The number of carbonyl (C=O) groups excluding carboxylic acids is 2. The number of benzene rings is 3. The number of carbonyl (C=O) groups is 2. The van der Waals surface area contributed by atoms with Gasteiger partial charge in [-0.05, 0) is 89.6 Å². The molecule has 0 saturated heterocycles. The van der Waals surface area contributed by atoms with Gasteiger partial charge >= 0.3 is 11.9 Å². The van der Waals surface area contributed by atoms with Crippen molar-refractivity contribution in [2.24, 2.45) is 11.8 Å². The summed E-state index contributed by atoms with van der Waals surface area (Å²) in [5, 5.41) is 4.45. The molecule has 1 N–H and O–H groups in total. The minimum Gasteiger partial charge on any atom is -0.459 e. The monoisotopic (exact) mass is 750 g/mol. The maximum atomic E-state index is 14.4. The average molecular weight is 751 g/mol. The van der Waals surface area contributed by atoms with Crippen molar-refractivity contribution in [2.75, 3.05) is 6.61 Å². The minimum absolute atomic E-state index is 0.0123. The summed E-state index contributed by atoms with van der Waals surface area (Å²) in [7, 11) is -4.17. The molecule has 1 aromatic heterocycles. The first-order valence-corrected chi connectivity index (χ1v) is 19.8. The van der Waals surface area contributed by atoms with Crippen molar-refractivity contribution in [2.45, 2.75) is 82.4 Å². The maximum absolute atomic E-state index is 14.4. The summed E-state index contributed by atoms with van der Waals surface area (Å²) in [6.45, 7) is 8.68. The molecule has 5 rings (SSSR count). The Hall–Kier alpha value is -4.90. The lowest BCUT2D eigenvalue weighted by molar-refractivity contribution is -0.159. The molecule has 1 unspecified atom stereocenters. The molecule has 54 heavy (non-hydrogen) atoms. The number of nitrogens with zero attached hydrogens (tertiary/aromatic N) is 1. The van der Waals surface area contributed by atoms with Crippen molar-refractivity contribution in [3.05, 3.63) is 144 Å². The van der Waals surface area contributed by atoms with E-state index in [1.807, 2.05) is 93.6 Å². The van der Waals surface area contributed by atoms with Gasteiger partial charge in [0.15, 0.2) is 0 Å². The highest BCUT2D eigenvalue weighted by molar-refractivity contribution is 7.87. The molecule has 4 aromatic rings. The molecule has 9 nitrogen and oxygen atoms in total. The van der Waals surface area contributed by atoms with Crippen molar-refractivity contribution in [1.29, 1.82) is 0 Å². The van der Waals surface area contributed by atoms with E-state index in [1.54, 1.807) is 44.2 Å². The van der Waals surface area contributed by atoms with Crippen LogP contribution in [-0.4, -0.2) is 43.6 Å². The summed E-state index contributed by atoms with van der Waals surface area (Å²) in [6.07, 6.45) is 12.6. The molecule has 1 heterocycles. The molecule has 0 fully saturated rings. The zero-order valence-corrected chi connectivity index (χ0v) is 32.4. The lowest BCUT2D eigenvalue weighted by Crippen LogP contribution is -2.57. The minimum atomic E-state index is -4.17. The van der Waals surface area contributed by atoms with Gasteiger partial charge in [0, 0.05) is 17.5 Å². The number of ether oxygens (including phenoxy) is 2. The Labute approximate surface area is 319 Å². The topological polar surface area (TPSA) is 121 Å². The normalized spacial score (nSPS) is 16.2. The zero-order chi connectivity index (χ0) is 38.8. The SMILES string of the molecule is C/C=C(\C)OC(=O)[C@@H](CCCOS(=O)(=O)c1cccc2cccnc12)C[C@H](NC(c1ccccc1)(c1ccccc1)C1C=CC=CC1)C(=O)OC(C)(C)C. The zero-order valence-electron chi connectivity index (χ0n) is 31.6. The molecule has 3 aromatic carbocycles. The Bertz CT molecular complexity index is 2040. The molecule has 0 amide bonds. The van der Waals surface area contributed by atoms with Crippen LogP contribution < -0.4 is 5.32 Å². The smallest absolute Gasteiger partial charge is 0.323 e. The molecule has 1 aliphatic rings. The van der Waals surface area contributed by atoms with Gasteiger partial charge in [-0.2, -0.15) is 8.42 Å². The van der Waals surface area contributed by atoms with Crippen molar-refractivity contribution >= 4 is 33.0 Å². The fourth-order valence-corrected chi connectivity index (χ4v) is 7.91. The Morgan fingerprint density at radius 2 is 1.57 bits per heavy atom. The van der Waals surface area contributed by atoms with Gasteiger partial charge < -0.3 is 9.47 Å². The Morgan fingerprint density at radius 1 is 0.907 bits per heavy atom. The maximum Gasteiger partial charge on any atom is 0.323 e. The average Bonchev–Trinajstić information content (AvgIpc) is 3.17. The van der Waals surface area contributed by atoms with Crippen LogP contribution >= 0.6 is 0 Å². The van der Waals surface area contributed by atoms with E-state index in [2.05, 4.69) is 22.5 Å². The molecule has 0 radical (unpaired) electrons. The quantitative estimate of drug-likeness (QED) is 0.0520. The Morgan fingerprint density at radius 3 is 2.19 bits per heavy atom. The third-order valence-electron chi connectivity index (χ3n) is 9.41. The molecule has 0 bridgehead atoms. The summed E-state index contributed by atoms with van der Waals surface area (Å²) in [5.74, 6) is -1.59. The van der Waals surface area contributed by atoms with Gasteiger partial charge in [0.1, 0.15) is 22.3 Å². The second-order valence-corrected chi connectivity index (χ2v) is 16.0. The van der Waals surface area contributed by atoms with Crippen LogP contribution in [0, 0.1) is 11.8 Å². The summed E-state index contributed by atoms with van der Waals surface area (Å²) in [4.78, 5) is 32.5. The van der Waals surface area contributed by atoms with Crippen molar-refractivity contribution in [3.63, 3.8) is 0 Å². The van der Waals surface area contributed by atoms with E-state index in [4.69, 9.17) is 13.7 Å². The van der Waals surface area contributed by atoms with Gasteiger partial charge in [0.25, 0.3) is 10.1 Å². The van der Waals surface area contributed by atoms with Crippen molar-refractivity contribution in [1.82, 2.24) is 10.3 Å². The largest absolute Gasteiger partial charge is 0.459 e. The lowest BCUT2D eigenvalue weighted by Gasteiger charge is -2.44. The van der Waals surface area contributed by atoms with Crippen LogP contribution in [0.4, 0.5) is 0 Å². The number of esters is 2. The highest BCUT2D eigenvalue weighted by Crippen LogP contribution is 2.42. The van der Waals surface area contributed by atoms with Crippen LogP contribution in [0.25, 0.3) is 10.9 Å². The summed E-state index contributed by atoms with van der Waals surface area (Å²) in [5.41, 5.74) is 0.476. The van der Waals surface area contributed by atoms with Gasteiger partial charge in [-0.25, -0.2) is 0 Å². The van der Waals surface area contributed by atoms with Gasteiger partial charge in [-0.1, -0.05) is 103 Å². The van der Waals surface area contributed by atoms with E-state index in [-0.39, 0.29) is 36.7 Å². The predicted molar refractivity (Wildman–Crippen MR) is 211 cm³/mol. The molecule has 0 saturated carbocycles. The number of hydrogen-bond donors (Lipinski definition) is 1. The molecule has 1 aliphatic carbocycles. The molecule has 10 heteroatoms. The standard InChI is InChI=1S/C44H50N2O7S/c1-6-32(2)52-41(47)34(21-18-30-51-54(49,50)39-28-16-19-33-20-17-29-45-40(33)39)31-38(42(48)53-43(3,4)5)46-44(35-22-10-7-11-23-35,36-24-12-8-13-25-36)37-26-14-9-15-27-37/h6-17,19-20,22-26,28-29,34,37-38,46H,18,21,27,30-31H2,1-5H3/b32-6+/t34-,37?,38-/m0/s1. The van der Waals surface area contributed by atoms with Crippen LogP contribution in [0.5, 0.6) is 0 Å². The van der Waals surface area contributed by atoms with Gasteiger partial charge in [-0.3, -0.25) is 24.1 Å². The first kappa shape index (κ1) is 40.3. The number of allylic oxidation sites excluding steroid dienone is 5. The van der Waals surface area contributed by atoms with Crippen LogP contribution in [0.3, 0.4) is 0 Å². The van der Waals surface area contributed by atoms with E-state index in [0.29, 0.717) is 23.1 Å². The van der Waals surface area contributed by atoms with Crippen LogP contribution in [0.2, 0.25) is 0 Å². The summed E-state index contributed by atoms with van der Waals surface area (Å²) in [6, 6.07) is 27.4. The number of hydrogen-bond acceptors (Lipinski definition) is 9. The third-order valence-corrected chi connectivity index (χ3v) is 10.8. The molecule has 0 spiro atoms. The number of pyridine rings is 1. The van der Waals surface area contributed by atoms with Gasteiger partial charge in [0.2, 0.25) is 0 Å². The van der Waals surface area contributed by atoms with Crippen LogP contribution in [-0.2, 0) is 38.9 Å². The first-order valence-electron chi connectivity index (χ1n) is 18.4. The van der Waals surface area contributed by atoms with E-state index < -0.39 is 45.2 Å². The number of fused-ring (bicyclic) bond motifs is 1. The van der Waals surface area contributed by atoms with E-state index in [9.17, 15) is 18.0 Å². The fraction of sp³-hybridized carbons (Fsp3) is 0.341. The van der Waals surface area contributed by atoms with Gasteiger partial charge in [0.05, 0.1) is 23.6 Å². The first-order chi connectivity index (χ1) is 25.8. The number of para-hydroxylation sites is 1. The molecular weight excluding hydrogens is 701 g/mol. The van der Waals surface area contributed by atoms with E-state index in [1.165, 1.54) is 12.3 Å². The fourth-order valence-electron chi connectivity index (χ4n) is 6.79. The van der Waals surface area contributed by atoms with Crippen molar-refractivity contribution < 1.29 is 31.7 Å². The summed E-state index contributed by atoms with van der Waals surface area (Å²) >= 11 is 0. The Balaban J connectivity index is 1.49. The van der Waals surface area contributed by atoms with Crippen LogP contribution in [0.1, 0.15) is 71.4 Å². The lowest BCUT2D eigenvalue weighted by atomic mass is 9.70. The second kappa shape index (κ2) is 18.0.